The number of rotatable bonds is 1. The van der Waals surface area contributed by atoms with Gasteiger partial charge in [-0.15, -0.1) is 0 Å². The van der Waals surface area contributed by atoms with Crippen LogP contribution >= 0.6 is 0 Å². The van der Waals surface area contributed by atoms with Crippen LogP contribution in [0.25, 0.3) is 0 Å². The van der Waals surface area contributed by atoms with E-state index in [0.29, 0.717) is 6.42 Å². The molecular formula is C16H24O4. The van der Waals surface area contributed by atoms with Crippen molar-refractivity contribution in [2.75, 3.05) is 0 Å². The van der Waals surface area contributed by atoms with Crippen LogP contribution in [-0.2, 0) is 14.3 Å². The average Bonchev–Trinajstić information content (AvgIpc) is 2.65. The topological polar surface area (TPSA) is 63.6 Å². The second kappa shape index (κ2) is 3.99. The molecule has 2 saturated carbocycles. The van der Waals surface area contributed by atoms with Crippen molar-refractivity contribution in [3.05, 3.63) is 0 Å². The molecular weight excluding hydrogens is 256 g/mol. The molecule has 1 heterocycles. The summed E-state index contributed by atoms with van der Waals surface area (Å²) in [5.74, 6) is -0.474. The zero-order valence-electron chi connectivity index (χ0n) is 12.6. The van der Waals surface area contributed by atoms with Gasteiger partial charge in [0.05, 0.1) is 11.8 Å². The summed E-state index contributed by atoms with van der Waals surface area (Å²) in [5.41, 5.74) is -1.12. The predicted octanol–water partition coefficient (Wildman–Crippen LogP) is 3.00. The molecule has 4 nitrogen and oxygen atoms in total. The maximum atomic E-state index is 11.8. The molecule has 1 N–H and O–H groups in total. The van der Waals surface area contributed by atoms with Crippen LogP contribution in [0, 0.1) is 22.7 Å². The monoisotopic (exact) mass is 280 g/mol. The molecule has 0 amide bonds. The summed E-state index contributed by atoms with van der Waals surface area (Å²) in [6.07, 6.45) is 4.79. The number of ether oxygens (including phenoxy) is 1. The van der Waals surface area contributed by atoms with Gasteiger partial charge in [-0.25, -0.2) is 0 Å². The largest absolute Gasteiger partial charge is 0.481 e. The average molecular weight is 280 g/mol. The fourth-order valence-corrected chi connectivity index (χ4v) is 5.58. The zero-order valence-corrected chi connectivity index (χ0v) is 12.6. The molecule has 3 fully saturated rings. The Bertz CT molecular complexity index is 473. The van der Waals surface area contributed by atoms with Gasteiger partial charge in [-0.2, -0.15) is 0 Å². The highest BCUT2D eigenvalue weighted by Crippen LogP contribution is 2.65. The van der Waals surface area contributed by atoms with E-state index >= 15 is 0 Å². The van der Waals surface area contributed by atoms with Crippen LogP contribution in [0.5, 0.6) is 0 Å². The summed E-state index contributed by atoms with van der Waals surface area (Å²) in [7, 11) is 0. The van der Waals surface area contributed by atoms with E-state index in [9.17, 15) is 14.7 Å². The summed E-state index contributed by atoms with van der Waals surface area (Å²) in [4.78, 5) is 23.6. The number of aliphatic carboxylic acids is 1. The van der Waals surface area contributed by atoms with Crippen molar-refractivity contribution in [1.82, 2.24) is 0 Å². The van der Waals surface area contributed by atoms with Gasteiger partial charge in [-0.3, -0.25) is 9.59 Å². The zero-order chi connectivity index (χ0) is 14.8. The van der Waals surface area contributed by atoms with E-state index in [4.69, 9.17) is 4.74 Å². The number of carbonyl (C=O) groups is 2. The van der Waals surface area contributed by atoms with Gasteiger partial charge in [0.2, 0.25) is 0 Å². The molecule has 4 heteroatoms. The highest BCUT2D eigenvalue weighted by molar-refractivity contribution is 5.76. The van der Waals surface area contributed by atoms with Gasteiger partial charge >= 0.3 is 11.9 Å². The van der Waals surface area contributed by atoms with Crippen LogP contribution in [0.3, 0.4) is 0 Å². The Morgan fingerprint density at radius 1 is 1.20 bits per heavy atom. The lowest BCUT2D eigenvalue weighted by Crippen LogP contribution is -2.58. The first-order valence-electron chi connectivity index (χ1n) is 7.68. The lowest BCUT2D eigenvalue weighted by Gasteiger charge is -2.58. The van der Waals surface area contributed by atoms with Crippen molar-refractivity contribution < 1.29 is 19.4 Å². The fourth-order valence-electron chi connectivity index (χ4n) is 5.58. The smallest absolute Gasteiger partial charge is 0.309 e. The number of carboxylic acid groups (broad SMARTS) is 1. The first-order chi connectivity index (χ1) is 9.22. The Kier molecular flexibility index (Phi) is 2.77. The molecule has 0 unspecified atom stereocenters. The third kappa shape index (κ3) is 1.60. The van der Waals surface area contributed by atoms with E-state index in [-0.39, 0.29) is 28.8 Å². The van der Waals surface area contributed by atoms with E-state index in [0.717, 1.165) is 32.1 Å². The van der Waals surface area contributed by atoms with Gasteiger partial charge in [0, 0.05) is 5.92 Å². The second-order valence-electron chi connectivity index (χ2n) is 7.72. The third-order valence-electron chi connectivity index (χ3n) is 6.65. The van der Waals surface area contributed by atoms with Crippen LogP contribution in [-0.4, -0.2) is 22.6 Å². The second-order valence-corrected chi connectivity index (χ2v) is 7.72. The third-order valence-corrected chi connectivity index (χ3v) is 6.65. The first-order valence-corrected chi connectivity index (χ1v) is 7.68. The SMILES string of the molecule is C[C@]12CCC[C@](C)(C(=O)O)[C@@H]1CC[C@]1(C)OC(=O)C[C@@H]21. The lowest BCUT2D eigenvalue weighted by atomic mass is 9.45. The predicted molar refractivity (Wildman–Crippen MR) is 73.0 cm³/mol. The minimum absolute atomic E-state index is 0.0927. The number of hydrogen-bond donors (Lipinski definition) is 1. The highest BCUT2D eigenvalue weighted by Gasteiger charge is 2.65. The molecule has 0 bridgehead atoms. The summed E-state index contributed by atoms with van der Waals surface area (Å²) < 4.78 is 5.61. The molecule has 0 aromatic carbocycles. The number of fused-ring (bicyclic) bond motifs is 3. The van der Waals surface area contributed by atoms with E-state index in [1.165, 1.54) is 0 Å². The van der Waals surface area contributed by atoms with Crippen LogP contribution in [0.4, 0.5) is 0 Å². The Balaban J connectivity index is 2.02. The fraction of sp³-hybridized carbons (Fsp3) is 0.875. The summed E-state index contributed by atoms with van der Waals surface area (Å²) in [6.45, 7) is 6.14. The quantitative estimate of drug-likeness (QED) is 0.750. The maximum Gasteiger partial charge on any atom is 0.309 e. The summed E-state index contributed by atoms with van der Waals surface area (Å²) >= 11 is 0. The molecule has 1 aliphatic heterocycles. The van der Waals surface area contributed by atoms with Gasteiger partial charge in [-0.05, 0) is 50.9 Å². The van der Waals surface area contributed by atoms with Crippen molar-refractivity contribution in [2.45, 2.75) is 64.9 Å². The van der Waals surface area contributed by atoms with Gasteiger partial charge in [0.1, 0.15) is 5.60 Å². The molecule has 5 atom stereocenters. The van der Waals surface area contributed by atoms with Crippen LogP contribution in [0.2, 0.25) is 0 Å². The molecule has 2 aliphatic carbocycles. The number of esters is 1. The van der Waals surface area contributed by atoms with Gasteiger partial charge in [-0.1, -0.05) is 13.3 Å². The lowest BCUT2D eigenvalue weighted by molar-refractivity contribution is -0.183. The van der Waals surface area contributed by atoms with Gasteiger partial charge < -0.3 is 9.84 Å². The first kappa shape index (κ1) is 13.9. The van der Waals surface area contributed by atoms with E-state index in [2.05, 4.69) is 6.92 Å². The molecule has 3 rings (SSSR count). The molecule has 0 aromatic heterocycles. The number of carbonyl (C=O) groups excluding carboxylic acids is 1. The van der Waals surface area contributed by atoms with Crippen LogP contribution in [0.15, 0.2) is 0 Å². The van der Waals surface area contributed by atoms with Crippen LogP contribution < -0.4 is 0 Å². The maximum absolute atomic E-state index is 11.8. The van der Waals surface area contributed by atoms with Crippen LogP contribution in [0.1, 0.15) is 59.3 Å². The van der Waals surface area contributed by atoms with Crippen molar-refractivity contribution >= 4 is 11.9 Å². The Hall–Kier alpha value is -1.06. The Morgan fingerprint density at radius 3 is 2.55 bits per heavy atom. The van der Waals surface area contributed by atoms with Gasteiger partial charge in [0.15, 0.2) is 0 Å². The minimum atomic E-state index is -0.678. The molecule has 0 spiro atoms. The standard InChI is InChI=1S/C16H24O4/c1-14-6-4-7-15(2,13(18)19)10(14)5-8-16(3)11(14)9-12(17)20-16/h10-11H,4-9H2,1-3H3,(H,18,19)/t10-,11+,14+,15+,16+/m1/s1. The number of carboxylic acids is 1. The van der Waals surface area contributed by atoms with Crippen molar-refractivity contribution in [2.24, 2.45) is 22.7 Å². The van der Waals surface area contributed by atoms with Crippen molar-refractivity contribution in [1.29, 1.82) is 0 Å². The van der Waals surface area contributed by atoms with E-state index in [1.807, 2.05) is 13.8 Å². The van der Waals surface area contributed by atoms with Gasteiger partial charge in [0.25, 0.3) is 0 Å². The molecule has 1 saturated heterocycles. The van der Waals surface area contributed by atoms with E-state index < -0.39 is 11.4 Å². The highest BCUT2D eigenvalue weighted by atomic mass is 16.6. The summed E-state index contributed by atoms with van der Waals surface area (Å²) in [5, 5.41) is 9.71. The minimum Gasteiger partial charge on any atom is -0.481 e. The molecule has 20 heavy (non-hydrogen) atoms. The van der Waals surface area contributed by atoms with Crippen molar-refractivity contribution in [3.63, 3.8) is 0 Å². The Morgan fingerprint density at radius 2 is 1.90 bits per heavy atom. The van der Waals surface area contributed by atoms with Crippen molar-refractivity contribution in [3.8, 4) is 0 Å². The Labute approximate surface area is 119 Å². The molecule has 3 aliphatic rings. The summed E-state index contributed by atoms with van der Waals surface area (Å²) in [6, 6.07) is 0. The molecule has 112 valence electrons. The normalized spacial score (nSPS) is 51.0. The van der Waals surface area contributed by atoms with E-state index in [1.54, 1.807) is 0 Å². The molecule has 0 aromatic rings. The molecule has 0 radical (unpaired) electrons. The number of hydrogen-bond acceptors (Lipinski definition) is 3.